The summed E-state index contributed by atoms with van der Waals surface area (Å²) >= 11 is 0. The highest BCUT2D eigenvalue weighted by molar-refractivity contribution is 5.94. The highest BCUT2D eigenvalue weighted by Crippen LogP contribution is 2.18. The Morgan fingerprint density at radius 3 is 1.63 bits per heavy atom. The number of nitrogens with two attached hydrogens (primary N) is 4. The number of carboxylic acid groups (broad SMARTS) is 1. The molecule has 0 heterocycles. The second-order valence-electron chi connectivity index (χ2n) is 12.7. The molecule has 0 aliphatic heterocycles. The standard InChI is InChI=1S/C33H62N6O12/c1-51-33(50)23(14-7-10-18-36)39-30(46)20(11-5-8-16-34)19-25(41)22(13-6-9-17-35)38-31(47)21(37)12-3-2-4-15-24(40)26(42)27(43)28(44)29(45)32(48)49/h20-23,26-29,42-45H,2-19,34-37H2,1H3,(H,38,47)(H,39,46)(H,48,49)/t20-,21+,22+,23?,26-,27+,28+,29-/m1/s1. The number of esters is 1. The van der Waals surface area contributed by atoms with Crippen molar-refractivity contribution in [1.82, 2.24) is 10.6 Å². The number of aliphatic hydroxyl groups is 4. The zero-order chi connectivity index (χ0) is 38.9. The van der Waals surface area contributed by atoms with Crippen LogP contribution in [0.1, 0.15) is 96.3 Å². The van der Waals surface area contributed by atoms with E-state index in [0.29, 0.717) is 83.8 Å². The number of rotatable bonds is 31. The summed E-state index contributed by atoms with van der Waals surface area (Å²) in [5.41, 5.74) is 22.9. The van der Waals surface area contributed by atoms with Gasteiger partial charge in [-0.2, -0.15) is 0 Å². The van der Waals surface area contributed by atoms with Crippen LogP contribution in [0.25, 0.3) is 0 Å². The maximum Gasteiger partial charge on any atom is 0.335 e. The van der Waals surface area contributed by atoms with Crippen LogP contribution in [0.3, 0.4) is 0 Å². The van der Waals surface area contributed by atoms with Gasteiger partial charge in [-0.05, 0) is 83.8 Å². The van der Waals surface area contributed by atoms with Crippen LogP contribution in [0, 0.1) is 5.92 Å². The van der Waals surface area contributed by atoms with Gasteiger partial charge in [-0.3, -0.25) is 19.2 Å². The van der Waals surface area contributed by atoms with Gasteiger partial charge in [-0.1, -0.05) is 19.3 Å². The number of aliphatic hydroxyl groups excluding tert-OH is 4. The van der Waals surface area contributed by atoms with Gasteiger partial charge in [0.25, 0.3) is 0 Å². The largest absolute Gasteiger partial charge is 0.479 e. The number of ether oxygens (including phenoxy) is 1. The van der Waals surface area contributed by atoms with E-state index in [9.17, 15) is 49.2 Å². The summed E-state index contributed by atoms with van der Waals surface area (Å²) in [6, 6.07) is -2.86. The number of carboxylic acids is 1. The molecular weight excluding hydrogens is 672 g/mol. The molecule has 18 nitrogen and oxygen atoms in total. The second-order valence-corrected chi connectivity index (χ2v) is 12.7. The number of methoxy groups -OCH3 is 1. The number of Topliss-reactive ketones (excluding diaryl/α,β-unsaturated/α-hetero) is 2. The van der Waals surface area contributed by atoms with Gasteiger partial charge in [0.1, 0.15) is 24.4 Å². The maximum atomic E-state index is 13.6. The molecular formula is C33H62N6O12. The number of aliphatic carboxylic acids is 1. The van der Waals surface area contributed by atoms with Crippen LogP contribution in [0.2, 0.25) is 0 Å². The lowest BCUT2D eigenvalue weighted by Crippen LogP contribution is -2.50. The molecule has 0 bridgehead atoms. The van der Waals surface area contributed by atoms with Crippen molar-refractivity contribution in [3.63, 3.8) is 0 Å². The van der Waals surface area contributed by atoms with E-state index < -0.39 is 78.0 Å². The van der Waals surface area contributed by atoms with Gasteiger partial charge >= 0.3 is 11.9 Å². The molecule has 0 aliphatic carbocycles. The minimum absolute atomic E-state index is 0.182. The van der Waals surface area contributed by atoms with Crippen LogP contribution in [-0.2, 0) is 33.5 Å². The summed E-state index contributed by atoms with van der Waals surface area (Å²) < 4.78 is 4.85. The Morgan fingerprint density at radius 2 is 1.10 bits per heavy atom. The second kappa shape index (κ2) is 27.5. The normalized spacial score (nSPS) is 16.1. The molecule has 0 rings (SSSR count). The average Bonchev–Trinajstić information content (AvgIpc) is 3.11. The molecule has 1 unspecified atom stereocenters. The van der Waals surface area contributed by atoms with Crippen molar-refractivity contribution in [1.29, 1.82) is 0 Å². The van der Waals surface area contributed by atoms with Crippen molar-refractivity contribution in [3.8, 4) is 0 Å². The van der Waals surface area contributed by atoms with E-state index in [-0.39, 0.29) is 37.9 Å². The van der Waals surface area contributed by atoms with Crippen molar-refractivity contribution < 1.29 is 59.0 Å². The Kier molecular flexibility index (Phi) is 25.9. The number of carbonyl (C=O) groups excluding carboxylic acids is 5. The molecule has 0 radical (unpaired) electrons. The van der Waals surface area contributed by atoms with Gasteiger partial charge in [-0.25, -0.2) is 9.59 Å². The Labute approximate surface area is 299 Å². The smallest absolute Gasteiger partial charge is 0.335 e. The third-order valence-corrected chi connectivity index (χ3v) is 8.58. The Balaban J connectivity index is 5.33. The molecule has 0 aliphatic rings. The van der Waals surface area contributed by atoms with Gasteiger partial charge in [0.2, 0.25) is 11.8 Å². The molecule has 51 heavy (non-hydrogen) atoms. The lowest BCUT2D eigenvalue weighted by Gasteiger charge is -2.24. The van der Waals surface area contributed by atoms with E-state index in [2.05, 4.69) is 10.6 Å². The number of ketones is 2. The molecule has 2 amide bonds. The lowest BCUT2D eigenvalue weighted by atomic mass is 9.90. The molecule has 0 spiro atoms. The topological polar surface area (TPSA) is 341 Å². The first-order valence-electron chi connectivity index (χ1n) is 17.7. The molecule has 0 saturated carbocycles. The summed E-state index contributed by atoms with van der Waals surface area (Å²) in [5.74, 6) is -5.55. The quantitative estimate of drug-likeness (QED) is 0.0258. The Hall–Kier alpha value is -3.10. The predicted octanol–water partition coefficient (Wildman–Crippen LogP) is -2.53. The highest BCUT2D eigenvalue weighted by Gasteiger charge is 2.37. The fourth-order valence-electron chi connectivity index (χ4n) is 5.33. The highest BCUT2D eigenvalue weighted by atomic mass is 16.5. The first-order valence-corrected chi connectivity index (χ1v) is 17.7. The molecule has 18 heteroatoms. The third-order valence-electron chi connectivity index (χ3n) is 8.58. The van der Waals surface area contributed by atoms with Crippen LogP contribution in [0.5, 0.6) is 0 Å². The third kappa shape index (κ3) is 19.4. The van der Waals surface area contributed by atoms with Crippen molar-refractivity contribution in [2.24, 2.45) is 28.9 Å². The maximum absolute atomic E-state index is 13.6. The molecule has 0 saturated heterocycles. The van der Waals surface area contributed by atoms with Gasteiger partial charge < -0.3 is 63.8 Å². The lowest BCUT2D eigenvalue weighted by molar-refractivity contribution is -0.165. The monoisotopic (exact) mass is 734 g/mol. The number of nitrogens with one attached hydrogen (secondary N) is 2. The summed E-state index contributed by atoms with van der Waals surface area (Å²) in [5, 5.41) is 52.9. The fraction of sp³-hybridized carbons (Fsp3) is 0.818. The van der Waals surface area contributed by atoms with E-state index in [1.807, 2.05) is 0 Å². The van der Waals surface area contributed by atoms with Gasteiger partial charge in [0.15, 0.2) is 17.7 Å². The summed E-state index contributed by atoms with van der Waals surface area (Å²) in [7, 11) is 1.22. The van der Waals surface area contributed by atoms with Crippen molar-refractivity contribution >= 4 is 35.3 Å². The summed E-state index contributed by atoms with van der Waals surface area (Å²) in [6.07, 6.45) is -3.81. The van der Waals surface area contributed by atoms with Crippen molar-refractivity contribution in [2.75, 3.05) is 26.7 Å². The van der Waals surface area contributed by atoms with Gasteiger partial charge in [-0.15, -0.1) is 0 Å². The number of amides is 2. The number of hydrogen-bond acceptors (Lipinski definition) is 15. The van der Waals surface area contributed by atoms with Crippen LogP contribution in [-0.4, -0.2) is 130 Å². The molecule has 296 valence electrons. The van der Waals surface area contributed by atoms with Gasteiger partial charge in [0, 0.05) is 18.8 Å². The average molecular weight is 735 g/mol. The fourth-order valence-corrected chi connectivity index (χ4v) is 5.33. The molecule has 0 aromatic rings. The molecule has 8 atom stereocenters. The molecule has 0 fully saturated rings. The molecule has 0 aromatic heterocycles. The summed E-state index contributed by atoms with van der Waals surface area (Å²) in [6.45, 7) is 1.20. The van der Waals surface area contributed by atoms with Crippen LogP contribution < -0.4 is 33.6 Å². The minimum atomic E-state index is -2.39. The van der Waals surface area contributed by atoms with E-state index >= 15 is 0 Å². The number of hydrogen-bond donors (Lipinski definition) is 11. The number of carbonyl (C=O) groups is 6. The SMILES string of the molecule is COC(=O)C(CCCCN)NC(=O)[C@H](CCCCN)CC(=O)[C@H](CCCCN)NC(=O)[C@@H](N)CCCCCC(=O)[C@@H](O)[C@H](O)[C@H](O)[C@@H](O)C(=O)O. The zero-order valence-corrected chi connectivity index (χ0v) is 29.7. The molecule has 15 N–H and O–H groups in total. The Morgan fingerprint density at radius 1 is 0.608 bits per heavy atom. The van der Waals surface area contributed by atoms with Gasteiger partial charge in [0.05, 0.1) is 19.2 Å². The van der Waals surface area contributed by atoms with Crippen molar-refractivity contribution in [2.45, 2.75) is 139 Å². The zero-order valence-electron chi connectivity index (χ0n) is 29.7. The van der Waals surface area contributed by atoms with E-state index in [1.54, 1.807) is 0 Å². The first-order chi connectivity index (χ1) is 24.2. The van der Waals surface area contributed by atoms with E-state index in [1.165, 1.54) is 7.11 Å². The van der Waals surface area contributed by atoms with E-state index in [4.69, 9.17) is 32.8 Å². The van der Waals surface area contributed by atoms with Crippen LogP contribution in [0.15, 0.2) is 0 Å². The van der Waals surface area contributed by atoms with Crippen LogP contribution >= 0.6 is 0 Å². The van der Waals surface area contributed by atoms with E-state index in [0.717, 1.165) is 0 Å². The minimum Gasteiger partial charge on any atom is -0.479 e. The number of unbranched alkanes of at least 4 members (excludes halogenated alkanes) is 5. The molecule has 0 aromatic carbocycles. The summed E-state index contributed by atoms with van der Waals surface area (Å²) in [4.78, 5) is 75.3. The Bertz CT molecular complexity index is 1070. The predicted molar refractivity (Wildman–Crippen MR) is 185 cm³/mol. The first kappa shape index (κ1) is 47.9. The van der Waals surface area contributed by atoms with Crippen molar-refractivity contribution in [3.05, 3.63) is 0 Å². The van der Waals surface area contributed by atoms with Crippen LogP contribution in [0.4, 0.5) is 0 Å².